The van der Waals surface area contributed by atoms with Gasteiger partial charge in [-0.2, -0.15) is 5.26 Å². The minimum atomic E-state index is -0.353. The van der Waals surface area contributed by atoms with E-state index in [2.05, 4.69) is 10.3 Å². The monoisotopic (exact) mass is 255 g/mol. The van der Waals surface area contributed by atoms with Crippen molar-refractivity contribution in [3.8, 4) is 6.07 Å². The van der Waals surface area contributed by atoms with E-state index in [0.717, 1.165) is 5.56 Å². The molecule has 0 aliphatic rings. The molecule has 0 unspecified atom stereocenters. The zero-order valence-corrected chi connectivity index (χ0v) is 10.6. The second-order valence-corrected chi connectivity index (χ2v) is 4.30. The maximum Gasteiger partial charge on any atom is 0.129 e. The van der Waals surface area contributed by atoms with Crippen molar-refractivity contribution in [2.75, 3.05) is 0 Å². The highest BCUT2D eigenvalue weighted by atomic mass is 19.1. The van der Waals surface area contributed by atoms with Gasteiger partial charge >= 0.3 is 0 Å². The SMILES string of the molecule is C[C@H](NCc1ccc(C#N)cc1F)c1ccncc1. The van der Waals surface area contributed by atoms with Crippen LogP contribution in [0.1, 0.15) is 29.7 Å². The molecule has 1 atom stereocenters. The van der Waals surface area contributed by atoms with Crippen molar-refractivity contribution >= 4 is 0 Å². The molecule has 0 fully saturated rings. The summed E-state index contributed by atoms with van der Waals surface area (Å²) in [6.45, 7) is 2.43. The molecular weight excluding hydrogens is 241 g/mol. The van der Waals surface area contributed by atoms with E-state index < -0.39 is 0 Å². The predicted octanol–water partition coefficient (Wildman–Crippen LogP) is 2.94. The van der Waals surface area contributed by atoms with Crippen molar-refractivity contribution in [1.82, 2.24) is 10.3 Å². The van der Waals surface area contributed by atoms with Crippen LogP contribution in [0.25, 0.3) is 0 Å². The summed E-state index contributed by atoms with van der Waals surface area (Å²) in [4.78, 5) is 3.96. The molecule has 0 aliphatic carbocycles. The van der Waals surface area contributed by atoms with E-state index in [1.165, 1.54) is 6.07 Å². The molecule has 1 aromatic carbocycles. The number of hydrogen-bond donors (Lipinski definition) is 1. The third-order valence-electron chi connectivity index (χ3n) is 2.99. The van der Waals surface area contributed by atoms with Crippen molar-refractivity contribution in [3.05, 3.63) is 65.2 Å². The van der Waals surface area contributed by atoms with Gasteiger partial charge in [-0.1, -0.05) is 6.07 Å². The molecule has 19 heavy (non-hydrogen) atoms. The van der Waals surface area contributed by atoms with Gasteiger partial charge in [0.1, 0.15) is 5.82 Å². The molecule has 0 radical (unpaired) electrons. The normalized spacial score (nSPS) is 11.8. The summed E-state index contributed by atoms with van der Waals surface area (Å²) in [7, 11) is 0. The first-order chi connectivity index (χ1) is 9.20. The van der Waals surface area contributed by atoms with Crippen molar-refractivity contribution in [2.45, 2.75) is 19.5 Å². The van der Waals surface area contributed by atoms with Crippen LogP contribution in [0.3, 0.4) is 0 Å². The van der Waals surface area contributed by atoms with Gasteiger partial charge in [0.2, 0.25) is 0 Å². The second kappa shape index (κ2) is 6.07. The van der Waals surface area contributed by atoms with E-state index in [4.69, 9.17) is 5.26 Å². The predicted molar refractivity (Wildman–Crippen MR) is 70.6 cm³/mol. The van der Waals surface area contributed by atoms with Crippen molar-refractivity contribution in [2.24, 2.45) is 0 Å². The van der Waals surface area contributed by atoms with Crippen LogP contribution >= 0.6 is 0 Å². The van der Waals surface area contributed by atoms with Crippen LogP contribution in [-0.4, -0.2) is 4.98 Å². The van der Waals surface area contributed by atoms with Crippen LogP contribution in [0.2, 0.25) is 0 Å². The van der Waals surface area contributed by atoms with Gasteiger partial charge in [0.15, 0.2) is 0 Å². The Labute approximate surface area is 111 Å². The fourth-order valence-electron chi connectivity index (χ4n) is 1.79. The highest BCUT2D eigenvalue weighted by molar-refractivity contribution is 5.32. The number of nitrogens with zero attached hydrogens (tertiary/aromatic N) is 2. The van der Waals surface area contributed by atoms with Gasteiger partial charge < -0.3 is 5.32 Å². The van der Waals surface area contributed by atoms with Crippen LogP contribution in [-0.2, 0) is 6.54 Å². The first-order valence-electron chi connectivity index (χ1n) is 6.02. The molecule has 0 saturated heterocycles. The van der Waals surface area contributed by atoms with Crippen molar-refractivity contribution < 1.29 is 4.39 Å². The first kappa shape index (κ1) is 13.2. The van der Waals surface area contributed by atoms with Crippen LogP contribution in [0, 0.1) is 17.1 Å². The lowest BCUT2D eigenvalue weighted by Gasteiger charge is -2.14. The largest absolute Gasteiger partial charge is 0.306 e. The maximum absolute atomic E-state index is 13.7. The molecular formula is C15H14FN3. The molecule has 2 aromatic rings. The van der Waals surface area contributed by atoms with E-state index in [1.54, 1.807) is 24.5 Å². The Morgan fingerprint density at radius 1 is 1.32 bits per heavy atom. The highest BCUT2D eigenvalue weighted by Gasteiger charge is 2.07. The summed E-state index contributed by atoms with van der Waals surface area (Å²) in [5, 5.41) is 11.9. The number of benzene rings is 1. The van der Waals surface area contributed by atoms with Crippen molar-refractivity contribution in [3.63, 3.8) is 0 Å². The number of hydrogen-bond acceptors (Lipinski definition) is 3. The molecule has 0 bridgehead atoms. The Morgan fingerprint density at radius 2 is 2.05 bits per heavy atom. The summed E-state index contributed by atoms with van der Waals surface area (Å²) >= 11 is 0. The average molecular weight is 255 g/mol. The van der Waals surface area contributed by atoms with E-state index in [-0.39, 0.29) is 11.9 Å². The molecule has 0 spiro atoms. The Bertz CT molecular complexity index is 590. The minimum Gasteiger partial charge on any atom is -0.306 e. The summed E-state index contributed by atoms with van der Waals surface area (Å²) in [5.41, 5.74) is 1.99. The summed E-state index contributed by atoms with van der Waals surface area (Å²) in [6, 6.07) is 10.4. The van der Waals surface area contributed by atoms with Gasteiger partial charge in [-0.05, 0) is 36.8 Å². The molecule has 2 rings (SSSR count). The highest BCUT2D eigenvalue weighted by Crippen LogP contribution is 2.14. The van der Waals surface area contributed by atoms with Gasteiger partial charge in [-0.15, -0.1) is 0 Å². The number of pyridine rings is 1. The molecule has 1 heterocycles. The number of nitriles is 1. The Balaban J connectivity index is 2.01. The lowest BCUT2D eigenvalue weighted by atomic mass is 10.1. The maximum atomic E-state index is 13.7. The second-order valence-electron chi connectivity index (χ2n) is 4.30. The molecule has 0 aliphatic heterocycles. The van der Waals surface area contributed by atoms with E-state index in [9.17, 15) is 4.39 Å². The molecule has 3 nitrogen and oxygen atoms in total. The summed E-state index contributed by atoms with van der Waals surface area (Å²) < 4.78 is 13.7. The van der Waals surface area contributed by atoms with Crippen LogP contribution in [0.15, 0.2) is 42.7 Å². The number of halogens is 1. The minimum absolute atomic E-state index is 0.109. The molecule has 0 saturated carbocycles. The molecule has 1 N–H and O–H groups in total. The topological polar surface area (TPSA) is 48.7 Å². The van der Waals surface area contributed by atoms with E-state index >= 15 is 0 Å². The number of nitrogens with one attached hydrogen (secondary N) is 1. The van der Waals surface area contributed by atoms with Gasteiger partial charge in [0.05, 0.1) is 11.6 Å². The standard InChI is InChI=1S/C15H14FN3/c1-11(13-4-6-18-7-5-13)19-10-14-3-2-12(9-17)8-15(14)16/h2-8,11,19H,10H2,1H3/t11-/m0/s1. The third-order valence-corrected chi connectivity index (χ3v) is 2.99. The number of rotatable bonds is 4. The zero-order chi connectivity index (χ0) is 13.7. The van der Waals surface area contributed by atoms with Gasteiger partial charge in [-0.3, -0.25) is 4.98 Å². The Hall–Kier alpha value is -2.25. The van der Waals surface area contributed by atoms with Crippen LogP contribution in [0.5, 0.6) is 0 Å². The molecule has 1 aromatic heterocycles. The van der Waals surface area contributed by atoms with Gasteiger partial charge in [0.25, 0.3) is 0 Å². The van der Waals surface area contributed by atoms with Crippen molar-refractivity contribution in [1.29, 1.82) is 5.26 Å². The smallest absolute Gasteiger partial charge is 0.129 e. The Morgan fingerprint density at radius 3 is 2.68 bits per heavy atom. The summed E-state index contributed by atoms with van der Waals surface area (Å²) in [6.07, 6.45) is 3.46. The lowest BCUT2D eigenvalue weighted by molar-refractivity contribution is 0.544. The van der Waals surface area contributed by atoms with Crippen LogP contribution in [0.4, 0.5) is 4.39 Å². The molecule has 0 amide bonds. The van der Waals surface area contributed by atoms with Gasteiger partial charge in [0, 0.05) is 30.5 Å². The molecule has 4 heteroatoms. The lowest BCUT2D eigenvalue weighted by Crippen LogP contribution is -2.18. The fourth-order valence-corrected chi connectivity index (χ4v) is 1.79. The third kappa shape index (κ3) is 3.36. The van der Waals surface area contributed by atoms with Crippen LogP contribution < -0.4 is 5.32 Å². The van der Waals surface area contributed by atoms with E-state index in [0.29, 0.717) is 17.7 Å². The average Bonchev–Trinajstić information content (AvgIpc) is 2.46. The summed E-state index contributed by atoms with van der Waals surface area (Å²) in [5.74, 6) is -0.353. The zero-order valence-electron chi connectivity index (χ0n) is 10.6. The van der Waals surface area contributed by atoms with Gasteiger partial charge in [-0.25, -0.2) is 4.39 Å². The first-order valence-corrected chi connectivity index (χ1v) is 6.02. The number of aromatic nitrogens is 1. The Kier molecular flexibility index (Phi) is 4.22. The molecule has 96 valence electrons. The fraction of sp³-hybridized carbons (Fsp3) is 0.200. The quantitative estimate of drug-likeness (QED) is 0.913. The van der Waals surface area contributed by atoms with E-state index in [1.807, 2.05) is 25.1 Å².